The van der Waals surface area contributed by atoms with Gasteiger partial charge in [0.15, 0.2) is 0 Å². The van der Waals surface area contributed by atoms with Crippen molar-refractivity contribution in [1.29, 1.82) is 0 Å². The number of aliphatic imine (C=N–C) groups is 1. The Bertz CT molecular complexity index is 294. The summed E-state index contributed by atoms with van der Waals surface area (Å²) >= 11 is 5.77. The van der Waals surface area contributed by atoms with Crippen LogP contribution in [0.5, 0.6) is 0 Å². The Labute approximate surface area is 63.6 Å². The summed E-state index contributed by atoms with van der Waals surface area (Å²) in [5, 5.41) is 0.554. The third kappa shape index (κ3) is 0.727. The summed E-state index contributed by atoms with van der Waals surface area (Å²) < 4.78 is 0. The van der Waals surface area contributed by atoms with Crippen LogP contribution >= 0.6 is 11.6 Å². The lowest BCUT2D eigenvalue weighted by Crippen LogP contribution is -1.86. The van der Waals surface area contributed by atoms with Crippen molar-refractivity contribution in [3.05, 3.63) is 28.5 Å². The van der Waals surface area contributed by atoms with Crippen LogP contribution in [-0.2, 0) is 6.54 Å². The molecular weight excluding hydrogens is 148 g/mol. The Morgan fingerprint density at radius 1 is 1.50 bits per heavy atom. The molecule has 1 aliphatic rings. The minimum atomic E-state index is 0.554. The van der Waals surface area contributed by atoms with Gasteiger partial charge in [-0.1, -0.05) is 11.6 Å². The van der Waals surface area contributed by atoms with Gasteiger partial charge in [-0.3, -0.25) is 4.99 Å². The molecule has 0 unspecified atom stereocenters. The van der Waals surface area contributed by atoms with Gasteiger partial charge >= 0.3 is 0 Å². The Morgan fingerprint density at radius 3 is 3.20 bits per heavy atom. The predicted octanol–water partition coefficient (Wildman–Crippen LogP) is 1.67. The average molecular weight is 153 g/mol. The number of aromatic nitrogens is 1. The van der Waals surface area contributed by atoms with Crippen molar-refractivity contribution in [2.24, 2.45) is 4.99 Å². The third-order valence-electron chi connectivity index (χ3n) is 1.51. The second kappa shape index (κ2) is 2.06. The summed E-state index contributed by atoms with van der Waals surface area (Å²) in [5.41, 5.74) is 2.14. The fourth-order valence-electron chi connectivity index (χ4n) is 0.994. The van der Waals surface area contributed by atoms with E-state index in [1.165, 1.54) is 5.56 Å². The Hall–Kier alpha value is -0.890. The van der Waals surface area contributed by atoms with Crippen LogP contribution in [0.15, 0.2) is 17.3 Å². The smallest absolute Gasteiger partial charge is 0.138 e. The first kappa shape index (κ1) is 5.86. The SMILES string of the molecule is Clc1nccc2c1C=NC2. The highest BCUT2D eigenvalue weighted by atomic mass is 35.5. The van der Waals surface area contributed by atoms with Crippen molar-refractivity contribution in [3.63, 3.8) is 0 Å². The molecular formula is C7H5ClN2. The molecule has 2 heterocycles. The van der Waals surface area contributed by atoms with Gasteiger partial charge in [-0.15, -0.1) is 0 Å². The van der Waals surface area contributed by atoms with E-state index in [0.29, 0.717) is 5.15 Å². The number of hydrogen-bond acceptors (Lipinski definition) is 2. The number of hydrogen-bond donors (Lipinski definition) is 0. The standard InChI is InChI=1S/C7H5ClN2/c8-7-6-4-9-3-5(6)1-2-10-7/h1-2,4H,3H2. The number of rotatable bonds is 0. The summed E-state index contributed by atoms with van der Waals surface area (Å²) in [7, 11) is 0. The summed E-state index contributed by atoms with van der Waals surface area (Å²) in [6.45, 7) is 0.748. The minimum absolute atomic E-state index is 0.554. The van der Waals surface area contributed by atoms with E-state index < -0.39 is 0 Å². The molecule has 1 aromatic heterocycles. The lowest BCUT2D eigenvalue weighted by Gasteiger charge is -1.95. The largest absolute Gasteiger partial charge is 0.288 e. The lowest BCUT2D eigenvalue weighted by atomic mass is 10.2. The Kier molecular flexibility index (Phi) is 1.21. The zero-order chi connectivity index (χ0) is 6.97. The van der Waals surface area contributed by atoms with E-state index in [9.17, 15) is 0 Å². The molecule has 1 aromatic rings. The van der Waals surface area contributed by atoms with Crippen molar-refractivity contribution in [1.82, 2.24) is 4.98 Å². The van der Waals surface area contributed by atoms with Gasteiger partial charge in [0.2, 0.25) is 0 Å². The highest BCUT2D eigenvalue weighted by Gasteiger charge is 2.08. The Morgan fingerprint density at radius 2 is 2.40 bits per heavy atom. The molecule has 0 aliphatic carbocycles. The number of halogens is 1. The first-order chi connectivity index (χ1) is 4.88. The highest BCUT2D eigenvalue weighted by molar-refractivity contribution is 6.32. The van der Waals surface area contributed by atoms with Gasteiger partial charge in [0.05, 0.1) is 6.54 Å². The van der Waals surface area contributed by atoms with Crippen molar-refractivity contribution in [2.45, 2.75) is 6.54 Å². The molecule has 0 saturated heterocycles. The maximum absolute atomic E-state index is 5.77. The van der Waals surface area contributed by atoms with E-state index in [0.717, 1.165) is 12.1 Å². The normalized spacial score (nSPS) is 13.7. The fourth-order valence-corrected chi connectivity index (χ4v) is 1.22. The molecule has 0 saturated carbocycles. The van der Waals surface area contributed by atoms with Gasteiger partial charge < -0.3 is 0 Å². The van der Waals surface area contributed by atoms with Crippen LogP contribution in [0.4, 0.5) is 0 Å². The quantitative estimate of drug-likeness (QED) is 0.519. The van der Waals surface area contributed by atoms with E-state index in [1.54, 1.807) is 12.4 Å². The minimum Gasteiger partial charge on any atom is -0.288 e. The zero-order valence-corrected chi connectivity index (χ0v) is 5.97. The van der Waals surface area contributed by atoms with Crippen molar-refractivity contribution in [3.8, 4) is 0 Å². The molecule has 0 bridgehead atoms. The van der Waals surface area contributed by atoms with Crippen LogP contribution < -0.4 is 0 Å². The zero-order valence-electron chi connectivity index (χ0n) is 5.21. The van der Waals surface area contributed by atoms with Crippen LogP contribution in [0.25, 0.3) is 0 Å². The number of pyridine rings is 1. The van der Waals surface area contributed by atoms with Crippen molar-refractivity contribution >= 4 is 17.8 Å². The summed E-state index contributed by atoms with van der Waals surface area (Å²) in [5.74, 6) is 0. The van der Waals surface area contributed by atoms with E-state index in [4.69, 9.17) is 11.6 Å². The van der Waals surface area contributed by atoms with Crippen LogP contribution in [0, 0.1) is 0 Å². The van der Waals surface area contributed by atoms with E-state index in [2.05, 4.69) is 9.98 Å². The van der Waals surface area contributed by atoms with Gasteiger partial charge in [-0.25, -0.2) is 4.98 Å². The molecule has 2 rings (SSSR count). The van der Waals surface area contributed by atoms with Gasteiger partial charge in [0.1, 0.15) is 5.15 Å². The van der Waals surface area contributed by atoms with E-state index >= 15 is 0 Å². The Balaban J connectivity index is 2.67. The first-order valence-corrected chi connectivity index (χ1v) is 3.39. The number of nitrogens with zero attached hydrogens (tertiary/aromatic N) is 2. The molecule has 0 radical (unpaired) electrons. The van der Waals surface area contributed by atoms with Crippen LogP contribution in [0.1, 0.15) is 11.1 Å². The van der Waals surface area contributed by atoms with Gasteiger partial charge in [-0.2, -0.15) is 0 Å². The second-order valence-electron chi connectivity index (χ2n) is 2.14. The molecule has 0 aromatic carbocycles. The highest BCUT2D eigenvalue weighted by Crippen LogP contribution is 2.19. The number of fused-ring (bicyclic) bond motifs is 1. The average Bonchev–Trinajstić information content (AvgIpc) is 2.36. The van der Waals surface area contributed by atoms with E-state index in [1.807, 2.05) is 6.07 Å². The summed E-state index contributed by atoms with van der Waals surface area (Å²) in [6, 6.07) is 1.94. The van der Waals surface area contributed by atoms with Crippen LogP contribution in [0.3, 0.4) is 0 Å². The molecule has 50 valence electrons. The van der Waals surface area contributed by atoms with Crippen LogP contribution in [0.2, 0.25) is 5.15 Å². The van der Waals surface area contributed by atoms with Crippen LogP contribution in [-0.4, -0.2) is 11.2 Å². The van der Waals surface area contributed by atoms with Gasteiger partial charge in [0.25, 0.3) is 0 Å². The maximum Gasteiger partial charge on any atom is 0.138 e. The predicted molar refractivity (Wildman–Crippen MR) is 40.5 cm³/mol. The van der Waals surface area contributed by atoms with E-state index in [-0.39, 0.29) is 0 Å². The van der Waals surface area contributed by atoms with Gasteiger partial charge in [0, 0.05) is 18.0 Å². The molecule has 0 atom stereocenters. The summed E-state index contributed by atoms with van der Waals surface area (Å²) in [4.78, 5) is 7.99. The topological polar surface area (TPSA) is 25.2 Å². The monoisotopic (exact) mass is 152 g/mol. The molecule has 3 heteroatoms. The maximum atomic E-state index is 5.77. The molecule has 2 nitrogen and oxygen atoms in total. The molecule has 0 fully saturated rings. The first-order valence-electron chi connectivity index (χ1n) is 3.01. The molecule has 1 aliphatic heterocycles. The summed E-state index contributed by atoms with van der Waals surface area (Å²) in [6.07, 6.45) is 3.47. The van der Waals surface area contributed by atoms with Gasteiger partial charge in [-0.05, 0) is 11.6 Å². The molecule has 10 heavy (non-hydrogen) atoms. The van der Waals surface area contributed by atoms with Crippen molar-refractivity contribution in [2.75, 3.05) is 0 Å². The molecule has 0 amide bonds. The molecule has 0 N–H and O–H groups in total. The molecule has 0 spiro atoms. The fraction of sp³-hybridized carbons (Fsp3) is 0.143. The lowest BCUT2D eigenvalue weighted by molar-refractivity contribution is 1.10. The van der Waals surface area contributed by atoms with Crippen molar-refractivity contribution < 1.29 is 0 Å². The third-order valence-corrected chi connectivity index (χ3v) is 1.82. The second-order valence-corrected chi connectivity index (χ2v) is 2.50.